The highest BCUT2D eigenvalue weighted by atomic mass is 35.5. The van der Waals surface area contributed by atoms with Crippen molar-refractivity contribution in [3.05, 3.63) is 16.5 Å². The molecule has 0 aliphatic carbocycles. The number of hydrogen-bond donors (Lipinski definition) is 2. The molecule has 17 heavy (non-hydrogen) atoms. The van der Waals surface area contributed by atoms with E-state index < -0.39 is 0 Å². The Balaban J connectivity index is 2.55. The van der Waals surface area contributed by atoms with Gasteiger partial charge in [0, 0.05) is 13.2 Å². The molecule has 1 atom stereocenters. The summed E-state index contributed by atoms with van der Waals surface area (Å²) in [5, 5.41) is 12.7. The normalized spacial score (nSPS) is 12.5. The minimum Gasteiger partial charge on any atom is -0.396 e. The summed E-state index contributed by atoms with van der Waals surface area (Å²) in [6, 6.07) is 0. The lowest BCUT2D eigenvalue weighted by Crippen LogP contribution is -2.16. The van der Waals surface area contributed by atoms with Gasteiger partial charge in [-0.15, -0.1) is 0 Å². The van der Waals surface area contributed by atoms with Crippen molar-refractivity contribution in [3.8, 4) is 0 Å². The second kappa shape index (κ2) is 7.69. The third kappa shape index (κ3) is 5.06. The molecule has 0 spiro atoms. The number of aromatic nitrogens is 2. The standard InChI is InChI=1S/C11H17Cl2N3O/c1-2-3-8(4-5-17)6-14-10-9(12)7-15-11(13)16-10/h7-8,17H,2-6H2,1H3,(H,14,15,16). The molecular formula is C11H17Cl2N3O. The van der Waals surface area contributed by atoms with Crippen LogP contribution in [0.5, 0.6) is 0 Å². The molecule has 0 saturated carbocycles. The molecule has 0 saturated heterocycles. The summed E-state index contributed by atoms with van der Waals surface area (Å²) in [4.78, 5) is 7.80. The van der Waals surface area contributed by atoms with Crippen LogP contribution in [0, 0.1) is 5.92 Å². The summed E-state index contributed by atoms with van der Waals surface area (Å²) in [6.07, 6.45) is 4.39. The van der Waals surface area contributed by atoms with E-state index in [0.29, 0.717) is 16.8 Å². The fraction of sp³-hybridized carbons (Fsp3) is 0.636. The van der Waals surface area contributed by atoms with Gasteiger partial charge in [-0.1, -0.05) is 24.9 Å². The van der Waals surface area contributed by atoms with Crippen LogP contribution >= 0.6 is 23.2 Å². The number of aliphatic hydroxyl groups is 1. The molecule has 96 valence electrons. The smallest absolute Gasteiger partial charge is 0.224 e. The van der Waals surface area contributed by atoms with Gasteiger partial charge in [0.1, 0.15) is 10.8 Å². The predicted octanol–water partition coefficient (Wildman–Crippen LogP) is 2.99. The fourth-order valence-electron chi connectivity index (χ4n) is 1.65. The van der Waals surface area contributed by atoms with Crippen molar-refractivity contribution in [1.82, 2.24) is 9.97 Å². The first-order valence-corrected chi connectivity index (χ1v) is 6.45. The number of rotatable bonds is 7. The Hall–Kier alpha value is -0.580. The van der Waals surface area contributed by atoms with Crippen molar-refractivity contribution in [2.24, 2.45) is 5.92 Å². The van der Waals surface area contributed by atoms with Crippen LogP contribution in [0.3, 0.4) is 0 Å². The van der Waals surface area contributed by atoms with E-state index in [1.165, 1.54) is 6.20 Å². The maximum atomic E-state index is 8.96. The molecule has 0 radical (unpaired) electrons. The Kier molecular flexibility index (Phi) is 6.55. The van der Waals surface area contributed by atoms with Crippen molar-refractivity contribution in [2.75, 3.05) is 18.5 Å². The van der Waals surface area contributed by atoms with E-state index in [1.807, 2.05) is 0 Å². The second-order valence-corrected chi connectivity index (χ2v) is 4.63. The monoisotopic (exact) mass is 277 g/mol. The lowest BCUT2D eigenvalue weighted by atomic mass is 10.0. The van der Waals surface area contributed by atoms with Crippen molar-refractivity contribution in [2.45, 2.75) is 26.2 Å². The van der Waals surface area contributed by atoms with Gasteiger partial charge in [0.15, 0.2) is 0 Å². The van der Waals surface area contributed by atoms with Gasteiger partial charge < -0.3 is 10.4 Å². The van der Waals surface area contributed by atoms with E-state index in [9.17, 15) is 0 Å². The number of anilines is 1. The van der Waals surface area contributed by atoms with Gasteiger partial charge in [-0.25, -0.2) is 4.98 Å². The number of hydrogen-bond acceptors (Lipinski definition) is 4. The maximum absolute atomic E-state index is 8.96. The van der Waals surface area contributed by atoms with Crippen LogP contribution in [0.15, 0.2) is 6.20 Å². The topological polar surface area (TPSA) is 58.0 Å². The van der Waals surface area contributed by atoms with Gasteiger partial charge in [-0.05, 0) is 30.4 Å². The summed E-state index contributed by atoms with van der Waals surface area (Å²) in [5.74, 6) is 0.959. The van der Waals surface area contributed by atoms with Gasteiger partial charge >= 0.3 is 0 Å². The molecular weight excluding hydrogens is 261 g/mol. The molecule has 0 aliphatic rings. The zero-order valence-electron chi connectivity index (χ0n) is 9.79. The summed E-state index contributed by atoms with van der Waals surface area (Å²) in [5.41, 5.74) is 0. The highest BCUT2D eigenvalue weighted by Gasteiger charge is 2.09. The third-order valence-electron chi connectivity index (χ3n) is 2.51. The number of nitrogens with one attached hydrogen (secondary N) is 1. The van der Waals surface area contributed by atoms with E-state index in [-0.39, 0.29) is 11.9 Å². The van der Waals surface area contributed by atoms with Crippen LogP contribution < -0.4 is 5.32 Å². The van der Waals surface area contributed by atoms with Crippen molar-refractivity contribution >= 4 is 29.0 Å². The molecule has 0 fully saturated rings. The van der Waals surface area contributed by atoms with Gasteiger partial charge in [0.2, 0.25) is 5.28 Å². The quantitative estimate of drug-likeness (QED) is 0.753. The number of nitrogens with zero attached hydrogens (tertiary/aromatic N) is 2. The molecule has 1 rings (SSSR count). The van der Waals surface area contributed by atoms with Gasteiger partial charge in [-0.3, -0.25) is 0 Å². The van der Waals surface area contributed by atoms with Crippen LogP contribution in [0.25, 0.3) is 0 Å². The molecule has 0 aromatic carbocycles. The zero-order chi connectivity index (χ0) is 12.7. The molecule has 1 aromatic heterocycles. The average Bonchev–Trinajstić information content (AvgIpc) is 2.30. The Morgan fingerprint density at radius 3 is 2.82 bits per heavy atom. The molecule has 0 amide bonds. The summed E-state index contributed by atoms with van der Waals surface area (Å²) < 4.78 is 0. The molecule has 6 heteroatoms. The lowest BCUT2D eigenvalue weighted by molar-refractivity contribution is 0.255. The van der Waals surface area contributed by atoms with E-state index in [2.05, 4.69) is 22.2 Å². The van der Waals surface area contributed by atoms with Crippen LogP contribution in [0.1, 0.15) is 26.2 Å². The van der Waals surface area contributed by atoms with E-state index in [4.69, 9.17) is 28.3 Å². The summed E-state index contributed by atoms with van der Waals surface area (Å²) >= 11 is 11.6. The number of aliphatic hydroxyl groups excluding tert-OH is 1. The minimum atomic E-state index is 0.172. The van der Waals surface area contributed by atoms with Crippen LogP contribution in [-0.2, 0) is 0 Å². The molecule has 1 heterocycles. The van der Waals surface area contributed by atoms with Gasteiger partial charge in [0.05, 0.1) is 6.20 Å². The fourth-order valence-corrected chi connectivity index (χ4v) is 1.94. The van der Waals surface area contributed by atoms with Crippen molar-refractivity contribution < 1.29 is 5.11 Å². The minimum absolute atomic E-state index is 0.172. The Bertz CT molecular complexity index is 343. The second-order valence-electron chi connectivity index (χ2n) is 3.88. The molecule has 1 aromatic rings. The summed E-state index contributed by atoms with van der Waals surface area (Å²) in [7, 11) is 0. The first-order chi connectivity index (χ1) is 8.17. The zero-order valence-corrected chi connectivity index (χ0v) is 11.3. The molecule has 1 unspecified atom stereocenters. The molecule has 2 N–H and O–H groups in total. The van der Waals surface area contributed by atoms with Gasteiger partial charge in [-0.2, -0.15) is 4.98 Å². The molecule has 0 aliphatic heterocycles. The Labute approximate surface area is 111 Å². The van der Waals surface area contributed by atoms with Crippen LogP contribution in [0.4, 0.5) is 5.82 Å². The van der Waals surface area contributed by atoms with Crippen LogP contribution in [0.2, 0.25) is 10.3 Å². The molecule has 0 bridgehead atoms. The maximum Gasteiger partial charge on any atom is 0.224 e. The highest BCUT2D eigenvalue weighted by Crippen LogP contribution is 2.20. The van der Waals surface area contributed by atoms with Crippen molar-refractivity contribution in [3.63, 3.8) is 0 Å². The Morgan fingerprint density at radius 2 is 2.18 bits per heavy atom. The van der Waals surface area contributed by atoms with Crippen molar-refractivity contribution in [1.29, 1.82) is 0 Å². The van der Waals surface area contributed by atoms with E-state index >= 15 is 0 Å². The SMILES string of the molecule is CCCC(CCO)CNc1nc(Cl)ncc1Cl. The van der Waals surface area contributed by atoms with E-state index in [1.54, 1.807) is 0 Å². The highest BCUT2D eigenvalue weighted by molar-refractivity contribution is 6.33. The first-order valence-electron chi connectivity index (χ1n) is 5.70. The third-order valence-corrected chi connectivity index (χ3v) is 2.97. The predicted molar refractivity (Wildman–Crippen MR) is 70.6 cm³/mol. The van der Waals surface area contributed by atoms with Crippen LogP contribution in [-0.4, -0.2) is 28.2 Å². The molecule has 4 nitrogen and oxygen atoms in total. The van der Waals surface area contributed by atoms with Gasteiger partial charge in [0.25, 0.3) is 0 Å². The summed E-state index contributed by atoms with van der Waals surface area (Å²) in [6.45, 7) is 3.05. The number of halogens is 2. The lowest BCUT2D eigenvalue weighted by Gasteiger charge is -2.16. The largest absolute Gasteiger partial charge is 0.396 e. The van der Waals surface area contributed by atoms with E-state index in [0.717, 1.165) is 25.8 Å². The first kappa shape index (κ1) is 14.5. The Morgan fingerprint density at radius 1 is 1.41 bits per heavy atom. The average molecular weight is 278 g/mol.